The summed E-state index contributed by atoms with van der Waals surface area (Å²) in [5.41, 5.74) is 5.06. The van der Waals surface area contributed by atoms with Crippen LogP contribution in [0.25, 0.3) is 32.9 Å². The maximum absolute atomic E-state index is 9.75. The molecule has 0 aliphatic heterocycles. The van der Waals surface area contributed by atoms with E-state index in [0.29, 0.717) is 0 Å². The van der Waals surface area contributed by atoms with Crippen molar-refractivity contribution in [2.75, 3.05) is 0 Å². The molecule has 0 spiro atoms. The second-order valence-electron chi connectivity index (χ2n) is 6.70. The average Bonchev–Trinajstić information content (AvgIpc) is 2.67. The largest absolute Gasteiger partial charge is 0.673 e. The van der Waals surface area contributed by atoms with Crippen molar-refractivity contribution in [2.24, 2.45) is 14.1 Å². The summed E-state index contributed by atoms with van der Waals surface area (Å²) in [5, 5.41) is 2.57. The molecule has 0 fully saturated rings. The Morgan fingerprint density at radius 2 is 0.781 bits per heavy atom. The Morgan fingerprint density at radius 3 is 1.09 bits per heavy atom. The van der Waals surface area contributed by atoms with Gasteiger partial charge < -0.3 is 34.5 Å². The first-order valence-electron chi connectivity index (χ1n) is 9.25. The van der Waals surface area contributed by atoms with Gasteiger partial charge in [0.25, 0.3) is 0 Å². The van der Waals surface area contributed by atoms with Crippen LogP contribution in [-0.4, -0.2) is 14.5 Å². The normalized spacial score (nSPS) is 11.4. The molecule has 4 aromatic rings. The molecule has 0 saturated heterocycles. The third-order valence-electron chi connectivity index (χ3n) is 4.37. The Kier molecular flexibility index (Phi) is 7.82. The number of fused-ring (bicyclic) bond motifs is 2. The third-order valence-corrected chi connectivity index (χ3v) is 4.37. The summed E-state index contributed by atoms with van der Waals surface area (Å²) < 4.78 is 82.3. The molecule has 0 atom stereocenters. The summed E-state index contributed by atoms with van der Waals surface area (Å²) >= 11 is 0. The van der Waals surface area contributed by atoms with Crippen LogP contribution in [0.2, 0.25) is 0 Å². The maximum Gasteiger partial charge on any atom is 0.673 e. The molecule has 0 aliphatic rings. The molecule has 170 valence electrons. The first-order chi connectivity index (χ1) is 14.8. The number of hydrogen-bond acceptors (Lipinski definition) is 0. The summed E-state index contributed by atoms with van der Waals surface area (Å²) in [5.74, 6) is 0. The molecule has 12 heteroatoms. The summed E-state index contributed by atoms with van der Waals surface area (Å²) in [7, 11) is -7.82. The number of pyridine rings is 2. The van der Waals surface area contributed by atoms with Crippen molar-refractivity contribution in [2.45, 2.75) is 0 Å². The lowest BCUT2D eigenvalue weighted by atomic mass is 9.98. The van der Waals surface area contributed by atoms with Gasteiger partial charge in [-0.25, -0.2) is 9.13 Å². The zero-order valence-corrected chi connectivity index (χ0v) is 17.0. The van der Waals surface area contributed by atoms with Crippen LogP contribution >= 0.6 is 0 Å². The Morgan fingerprint density at radius 1 is 0.500 bits per heavy atom. The number of benzene rings is 2. The fraction of sp³-hybridized carbons (Fsp3) is 0.100. The number of aromatic nitrogens is 2. The third kappa shape index (κ3) is 7.51. The van der Waals surface area contributed by atoms with Gasteiger partial charge in [0.2, 0.25) is 11.0 Å². The molecule has 0 amide bonds. The van der Waals surface area contributed by atoms with E-state index in [-0.39, 0.29) is 0 Å². The predicted molar refractivity (Wildman–Crippen MR) is 110 cm³/mol. The lowest BCUT2D eigenvalue weighted by molar-refractivity contribution is -0.645. The van der Waals surface area contributed by atoms with Gasteiger partial charge in [0.1, 0.15) is 14.1 Å². The van der Waals surface area contributed by atoms with E-state index < -0.39 is 14.5 Å². The van der Waals surface area contributed by atoms with E-state index in [1.165, 1.54) is 32.9 Å². The van der Waals surface area contributed by atoms with E-state index >= 15 is 0 Å². The molecule has 32 heavy (non-hydrogen) atoms. The van der Waals surface area contributed by atoms with Gasteiger partial charge in [0.05, 0.1) is 10.8 Å². The molecule has 2 aromatic carbocycles. The fourth-order valence-electron chi connectivity index (χ4n) is 3.20. The van der Waals surface area contributed by atoms with Crippen LogP contribution in [0.5, 0.6) is 0 Å². The summed E-state index contributed by atoms with van der Waals surface area (Å²) in [6.07, 6.45) is 4.28. The number of nitrogens with zero attached hydrogens (tertiary/aromatic N) is 2. The van der Waals surface area contributed by atoms with Crippen LogP contribution in [0.15, 0.2) is 73.1 Å². The van der Waals surface area contributed by atoms with E-state index in [1.807, 2.05) is 0 Å². The van der Waals surface area contributed by atoms with Crippen molar-refractivity contribution >= 4 is 36.3 Å². The van der Waals surface area contributed by atoms with E-state index in [4.69, 9.17) is 0 Å². The lowest BCUT2D eigenvalue weighted by Crippen LogP contribution is -2.29. The Balaban J connectivity index is 0.000000308. The van der Waals surface area contributed by atoms with Crippen LogP contribution in [0.1, 0.15) is 0 Å². The molecule has 0 radical (unpaired) electrons. The SMILES string of the molecule is C[n+]1ccc(-c2cc[n+](C)c3ccccc23)c2ccccc21.F[B-](F)(F)F.F[B-](F)(F)F. The zero-order valence-electron chi connectivity index (χ0n) is 17.0. The number of halogens is 8. The minimum atomic E-state index is -6.00. The fourth-order valence-corrected chi connectivity index (χ4v) is 3.20. The highest BCUT2D eigenvalue weighted by Gasteiger charge is 2.21. The second kappa shape index (κ2) is 9.97. The lowest BCUT2D eigenvalue weighted by Gasteiger charge is -2.08. The second-order valence-corrected chi connectivity index (χ2v) is 6.70. The summed E-state index contributed by atoms with van der Waals surface area (Å²) in [6, 6.07) is 21.6. The molecule has 0 aliphatic carbocycles. The van der Waals surface area contributed by atoms with E-state index in [1.54, 1.807) is 0 Å². The molecule has 0 saturated carbocycles. The monoisotopic (exact) mass is 460 g/mol. The van der Waals surface area contributed by atoms with Gasteiger partial charge in [-0.05, 0) is 12.1 Å². The first-order valence-corrected chi connectivity index (χ1v) is 9.25. The zero-order chi connectivity index (χ0) is 24.1. The quantitative estimate of drug-likeness (QED) is 0.190. The number of para-hydroxylation sites is 2. The summed E-state index contributed by atoms with van der Waals surface area (Å²) in [6.45, 7) is 0. The number of rotatable bonds is 1. The van der Waals surface area contributed by atoms with Gasteiger partial charge in [-0.15, -0.1) is 0 Å². The molecular formula is C20H18B2F8N2. The predicted octanol–water partition coefficient (Wildman–Crippen LogP) is 5.91. The van der Waals surface area contributed by atoms with E-state index in [9.17, 15) is 34.5 Å². The molecule has 2 heterocycles. The minimum absolute atomic E-state index is 1.25. The van der Waals surface area contributed by atoms with Gasteiger partial charge in [-0.3, -0.25) is 0 Å². The van der Waals surface area contributed by atoms with Crippen molar-refractivity contribution in [3.05, 3.63) is 73.1 Å². The van der Waals surface area contributed by atoms with Crippen LogP contribution < -0.4 is 9.13 Å². The first kappa shape index (κ1) is 25.1. The highest BCUT2D eigenvalue weighted by molar-refractivity contribution is 6.50. The van der Waals surface area contributed by atoms with Gasteiger partial charge >= 0.3 is 14.5 Å². The van der Waals surface area contributed by atoms with Crippen molar-refractivity contribution in [3.8, 4) is 11.1 Å². The van der Waals surface area contributed by atoms with Gasteiger partial charge in [-0.2, -0.15) is 0 Å². The van der Waals surface area contributed by atoms with Crippen LogP contribution in [0.4, 0.5) is 34.5 Å². The number of aryl methyl sites for hydroxylation is 2. The molecule has 0 unspecified atom stereocenters. The van der Waals surface area contributed by atoms with Crippen molar-refractivity contribution in [1.29, 1.82) is 0 Å². The average molecular weight is 460 g/mol. The van der Waals surface area contributed by atoms with Crippen molar-refractivity contribution < 1.29 is 43.7 Å². The van der Waals surface area contributed by atoms with Crippen molar-refractivity contribution in [1.82, 2.24) is 0 Å². The van der Waals surface area contributed by atoms with Gasteiger partial charge in [0.15, 0.2) is 12.4 Å². The highest BCUT2D eigenvalue weighted by Crippen LogP contribution is 2.31. The van der Waals surface area contributed by atoms with E-state index in [2.05, 4.69) is 96.3 Å². The summed E-state index contributed by atoms with van der Waals surface area (Å²) in [4.78, 5) is 0. The maximum atomic E-state index is 9.75. The minimum Gasteiger partial charge on any atom is -0.418 e. The Labute approximate surface area is 178 Å². The smallest absolute Gasteiger partial charge is 0.418 e. The van der Waals surface area contributed by atoms with Crippen LogP contribution in [0.3, 0.4) is 0 Å². The molecule has 2 aromatic heterocycles. The standard InChI is InChI=1S/C20H18N2.2BF4/c1-21-13-11-15(17-7-3-5-9-19(17)21)16-12-14-22(2)20-10-6-4-8-18(16)20;2*2-1(3,4)5/h3-14H,1-2H3;;/q+2;2*-1. The van der Waals surface area contributed by atoms with Gasteiger partial charge in [-0.1, -0.05) is 24.3 Å². The molecule has 0 N–H and O–H groups in total. The molecular weight excluding hydrogens is 442 g/mol. The highest BCUT2D eigenvalue weighted by atomic mass is 19.5. The van der Waals surface area contributed by atoms with Crippen LogP contribution in [0, 0.1) is 0 Å². The molecule has 4 rings (SSSR count). The van der Waals surface area contributed by atoms with Crippen molar-refractivity contribution in [3.63, 3.8) is 0 Å². The van der Waals surface area contributed by atoms with E-state index in [0.717, 1.165) is 0 Å². The Bertz CT molecular complexity index is 1100. The van der Waals surface area contributed by atoms with Crippen LogP contribution in [-0.2, 0) is 14.1 Å². The Hall–Kier alpha value is -3.17. The molecule has 0 bridgehead atoms. The topological polar surface area (TPSA) is 7.76 Å². The number of hydrogen-bond donors (Lipinski definition) is 0. The molecule has 2 nitrogen and oxygen atoms in total. The van der Waals surface area contributed by atoms with Gasteiger partial charge in [0, 0.05) is 35.4 Å².